The molecule has 0 aliphatic carbocycles. The molecule has 19 heavy (non-hydrogen) atoms. The van der Waals surface area contributed by atoms with Gasteiger partial charge in [-0.15, -0.1) is 0 Å². The lowest BCUT2D eigenvalue weighted by Crippen LogP contribution is -2.24. The Morgan fingerprint density at radius 1 is 1.53 bits per heavy atom. The van der Waals surface area contributed by atoms with Crippen LogP contribution in [0.2, 0.25) is 0 Å². The SMILES string of the molecule is NC(=O)COc1cccc(NCC2CCCOC2)c1. The van der Waals surface area contributed by atoms with Gasteiger partial charge in [-0.3, -0.25) is 4.79 Å². The summed E-state index contributed by atoms with van der Waals surface area (Å²) < 4.78 is 10.7. The number of primary amides is 1. The summed E-state index contributed by atoms with van der Waals surface area (Å²) in [6, 6.07) is 7.53. The molecule has 3 N–H and O–H groups in total. The van der Waals surface area contributed by atoms with E-state index < -0.39 is 5.91 Å². The first-order valence-electron chi connectivity index (χ1n) is 6.57. The van der Waals surface area contributed by atoms with Gasteiger partial charge in [0.25, 0.3) is 5.91 Å². The second-order valence-corrected chi connectivity index (χ2v) is 4.75. The predicted octanol–water partition coefficient (Wildman–Crippen LogP) is 1.39. The third-order valence-corrected chi connectivity index (χ3v) is 3.06. The van der Waals surface area contributed by atoms with E-state index in [-0.39, 0.29) is 6.61 Å². The molecule has 1 aliphatic heterocycles. The van der Waals surface area contributed by atoms with Crippen LogP contribution in [0.25, 0.3) is 0 Å². The molecular weight excluding hydrogens is 244 g/mol. The number of amides is 1. The standard InChI is InChI=1S/C14H20N2O3/c15-14(17)10-19-13-5-1-4-12(7-13)16-8-11-3-2-6-18-9-11/h1,4-5,7,11,16H,2-3,6,8-10H2,(H2,15,17). The van der Waals surface area contributed by atoms with Gasteiger partial charge >= 0.3 is 0 Å². The number of rotatable bonds is 6. The number of anilines is 1. The first-order chi connectivity index (χ1) is 9.24. The zero-order valence-corrected chi connectivity index (χ0v) is 10.9. The fraction of sp³-hybridized carbons (Fsp3) is 0.500. The number of ether oxygens (including phenoxy) is 2. The van der Waals surface area contributed by atoms with Crippen molar-refractivity contribution in [1.82, 2.24) is 0 Å². The van der Waals surface area contributed by atoms with Crippen LogP contribution in [0, 0.1) is 5.92 Å². The molecule has 0 saturated carbocycles. The predicted molar refractivity (Wildman–Crippen MR) is 73.2 cm³/mol. The van der Waals surface area contributed by atoms with E-state index in [0.29, 0.717) is 11.7 Å². The summed E-state index contributed by atoms with van der Waals surface area (Å²) in [4.78, 5) is 10.7. The summed E-state index contributed by atoms with van der Waals surface area (Å²) in [5.41, 5.74) is 6.02. The Bertz CT molecular complexity index is 417. The van der Waals surface area contributed by atoms with Gasteiger partial charge in [-0.2, -0.15) is 0 Å². The van der Waals surface area contributed by atoms with Crippen LogP contribution in [0.4, 0.5) is 5.69 Å². The van der Waals surface area contributed by atoms with Gasteiger partial charge in [0, 0.05) is 24.9 Å². The van der Waals surface area contributed by atoms with Gasteiger partial charge in [-0.1, -0.05) is 6.07 Å². The van der Waals surface area contributed by atoms with E-state index in [4.69, 9.17) is 15.2 Å². The largest absolute Gasteiger partial charge is 0.484 e. The van der Waals surface area contributed by atoms with E-state index in [9.17, 15) is 4.79 Å². The molecule has 0 aromatic heterocycles. The highest BCUT2D eigenvalue weighted by atomic mass is 16.5. The third kappa shape index (κ3) is 4.79. The maximum atomic E-state index is 10.7. The van der Waals surface area contributed by atoms with Crippen molar-refractivity contribution >= 4 is 11.6 Å². The lowest BCUT2D eigenvalue weighted by molar-refractivity contribution is -0.119. The van der Waals surface area contributed by atoms with Crippen molar-refractivity contribution in [2.75, 3.05) is 31.7 Å². The fourth-order valence-electron chi connectivity index (χ4n) is 2.08. The maximum absolute atomic E-state index is 10.7. The van der Waals surface area contributed by atoms with Crippen LogP contribution >= 0.6 is 0 Å². The third-order valence-electron chi connectivity index (χ3n) is 3.06. The van der Waals surface area contributed by atoms with Crippen molar-refractivity contribution in [3.8, 4) is 5.75 Å². The highest BCUT2D eigenvalue weighted by Crippen LogP contribution is 2.19. The monoisotopic (exact) mass is 264 g/mol. The number of hydrogen-bond donors (Lipinski definition) is 2. The van der Waals surface area contributed by atoms with Gasteiger partial charge in [-0.05, 0) is 30.9 Å². The van der Waals surface area contributed by atoms with E-state index in [0.717, 1.165) is 31.9 Å². The number of carbonyl (C=O) groups is 1. The molecule has 1 amide bonds. The molecule has 1 aliphatic rings. The van der Waals surface area contributed by atoms with Crippen LogP contribution in [0.3, 0.4) is 0 Å². The van der Waals surface area contributed by atoms with Gasteiger partial charge in [0.15, 0.2) is 6.61 Å². The van der Waals surface area contributed by atoms with Crippen molar-refractivity contribution in [1.29, 1.82) is 0 Å². The van der Waals surface area contributed by atoms with E-state index in [1.807, 2.05) is 18.2 Å². The average Bonchev–Trinajstić information content (AvgIpc) is 2.44. The topological polar surface area (TPSA) is 73.6 Å². The van der Waals surface area contributed by atoms with Crippen molar-refractivity contribution in [3.05, 3.63) is 24.3 Å². The van der Waals surface area contributed by atoms with Gasteiger partial charge in [0.05, 0.1) is 6.61 Å². The molecule has 0 bridgehead atoms. The number of benzene rings is 1. The number of nitrogens with two attached hydrogens (primary N) is 1. The highest BCUT2D eigenvalue weighted by molar-refractivity contribution is 5.75. The minimum atomic E-state index is -0.474. The zero-order chi connectivity index (χ0) is 13.5. The van der Waals surface area contributed by atoms with Crippen molar-refractivity contribution in [3.63, 3.8) is 0 Å². The van der Waals surface area contributed by atoms with Crippen LogP contribution in [0.5, 0.6) is 5.75 Å². The molecule has 1 saturated heterocycles. The smallest absolute Gasteiger partial charge is 0.255 e. The average molecular weight is 264 g/mol. The molecule has 5 heteroatoms. The molecule has 0 radical (unpaired) electrons. The Labute approximate surface area is 113 Å². The molecule has 1 fully saturated rings. The molecule has 1 aromatic carbocycles. The second-order valence-electron chi connectivity index (χ2n) is 4.75. The summed E-state index contributed by atoms with van der Waals surface area (Å²) in [6.07, 6.45) is 2.33. The van der Waals surface area contributed by atoms with Gasteiger partial charge < -0.3 is 20.5 Å². The summed E-state index contributed by atoms with van der Waals surface area (Å²) >= 11 is 0. The van der Waals surface area contributed by atoms with E-state index >= 15 is 0 Å². The summed E-state index contributed by atoms with van der Waals surface area (Å²) in [5.74, 6) is 0.727. The second kappa shape index (κ2) is 6.99. The van der Waals surface area contributed by atoms with Crippen LogP contribution in [0.1, 0.15) is 12.8 Å². The first kappa shape index (κ1) is 13.7. The van der Waals surface area contributed by atoms with Crippen LogP contribution < -0.4 is 15.8 Å². The van der Waals surface area contributed by atoms with Gasteiger partial charge in [-0.25, -0.2) is 0 Å². The molecule has 1 heterocycles. The molecule has 104 valence electrons. The van der Waals surface area contributed by atoms with E-state index in [1.54, 1.807) is 6.07 Å². The Hall–Kier alpha value is -1.75. The minimum absolute atomic E-state index is 0.0973. The lowest BCUT2D eigenvalue weighted by Gasteiger charge is -2.22. The lowest BCUT2D eigenvalue weighted by atomic mass is 10.0. The zero-order valence-electron chi connectivity index (χ0n) is 10.9. The quantitative estimate of drug-likeness (QED) is 0.814. The van der Waals surface area contributed by atoms with Crippen molar-refractivity contribution < 1.29 is 14.3 Å². The van der Waals surface area contributed by atoms with Crippen LogP contribution in [-0.2, 0) is 9.53 Å². The maximum Gasteiger partial charge on any atom is 0.255 e. The molecule has 1 atom stereocenters. The normalized spacial score (nSPS) is 18.8. The molecule has 1 unspecified atom stereocenters. The van der Waals surface area contributed by atoms with Crippen LogP contribution in [0.15, 0.2) is 24.3 Å². The van der Waals surface area contributed by atoms with Gasteiger partial charge in [0.2, 0.25) is 0 Å². The number of hydrogen-bond acceptors (Lipinski definition) is 4. The van der Waals surface area contributed by atoms with E-state index in [2.05, 4.69) is 5.32 Å². The Morgan fingerprint density at radius 3 is 3.16 bits per heavy atom. The number of carbonyl (C=O) groups excluding carboxylic acids is 1. The van der Waals surface area contributed by atoms with E-state index in [1.165, 1.54) is 6.42 Å². The summed E-state index contributed by atoms with van der Waals surface area (Å²) in [5, 5.41) is 3.37. The van der Waals surface area contributed by atoms with Crippen LogP contribution in [-0.4, -0.2) is 32.3 Å². The molecular formula is C14H20N2O3. The molecule has 2 rings (SSSR count). The van der Waals surface area contributed by atoms with Gasteiger partial charge in [0.1, 0.15) is 5.75 Å². The molecule has 1 aromatic rings. The Kier molecular flexibility index (Phi) is 5.03. The molecule has 0 spiro atoms. The summed E-state index contributed by atoms with van der Waals surface area (Å²) in [7, 11) is 0. The van der Waals surface area contributed by atoms with Crippen molar-refractivity contribution in [2.45, 2.75) is 12.8 Å². The molecule has 5 nitrogen and oxygen atoms in total. The summed E-state index contributed by atoms with van der Waals surface area (Å²) in [6.45, 7) is 2.50. The number of nitrogens with one attached hydrogen (secondary N) is 1. The Morgan fingerprint density at radius 2 is 2.42 bits per heavy atom. The first-order valence-corrected chi connectivity index (χ1v) is 6.57. The fourth-order valence-corrected chi connectivity index (χ4v) is 2.08. The highest BCUT2D eigenvalue weighted by Gasteiger charge is 2.13. The minimum Gasteiger partial charge on any atom is -0.484 e. The Balaban J connectivity index is 1.82. The van der Waals surface area contributed by atoms with Crippen molar-refractivity contribution in [2.24, 2.45) is 11.7 Å².